The Morgan fingerprint density at radius 3 is 2.89 bits per heavy atom. The van der Waals surface area contributed by atoms with Crippen LogP contribution < -0.4 is 4.74 Å². The first-order chi connectivity index (χ1) is 13.0. The van der Waals surface area contributed by atoms with Crippen LogP contribution in [0.1, 0.15) is 13.8 Å². The van der Waals surface area contributed by atoms with Crippen LogP contribution in [-0.2, 0) is 6.54 Å². The number of H-pyrrole nitrogens is 1. The van der Waals surface area contributed by atoms with Crippen molar-refractivity contribution in [2.45, 2.75) is 20.4 Å². The van der Waals surface area contributed by atoms with Crippen molar-refractivity contribution in [2.24, 2.45) is 5.41 Å². The number of pyridine rings is 2. The summed E-state index contributed by atoms with van der Waals surface area (Å²) in [5.41, 5.74) is 4.42. The first-order valence-electron chi connectivity index (χ1n) is 8.66. The third-order valence-electron chi connectivity index (χ3n) is 4.67. The van der Waals surface area contributed by atoms with Crippen molar-refractivity contribution in [3.8, 4) is 28.4 Å². The van der Waals surface area contributed by atoms with Gasteiger partial charge in [-0.2, -0.15) is 10.2 Å². The number of hydrogen-bond donors (Lipinski definition) is 1. The first kappa shape index (κ1) is 15.9. The summed E-state index contributed by atoms with van der Waals surface area (Å²) in [5, 5.41) is 11.9. The minimum Gasteiger partial charge on any atom is -0.477 e. The number of aromatic amines is 1. The molecule has 27 heavy (non-hydrogen) atoms. The maximum absolute atomic E-state index is 13.4. The Balaban J connectivity index is 1.79. The van der Waals surface area contributed by atoms with Crippen molar-refractivity contribution in [3.05, 3.63) is 42.6 Å². The van der Waals surface area contributed by atoms with Gasteiger partial charge < -0.3 is 4.74 Å². The Hall–Kier alpha value is -3.29. The summed E-state index contributed by atoms with van der Waals surface area (Å²) in [5.74, 6) is 0.291. The molecule has 1 aliphatic heterocycles. The van der Waals surface area contributed by atoms with Crippen LogP contribution in [0.3, 0.4) is 0 Å². The molecule has 0 aliphatic carbocycles. The minimum atomic E-state index is -0.387. The molecule has 1 aliphatic rings. The fraction of sp³-hybridized carbons (Fsp3) is 0.263. The highest BCUT2D eigenvalue weighted by atomic mass is 19.1. The molecule has 0 saturated carbocycles. The molecule has 0 fully saturated rings. The molecule has 5 heterocycles. The van der Waals surface area contributed by atoms with E-state index in [-0.39, 0.29) is 11.2 Å². The van der Waals surface area contributed by atoms with E-state index in [2.05, 4.69) is 34.0 Å². The number of ether oxygens (including phenoxy) is 1. The fourth-order valence-electron chi connectivity index (χ4n) is 3.41. The smallest absolute Gasteiger partial charge is 0.220 e. The lowest BCUT2D eigenvalue weighted by atomic mass is 9.94. The molecule has 0 bridgehead atoms. The van der Waals surface area contributed by atoms with Gasteiger partial charge in [-0.15, -0.1) is 0 Å². The average molecular weight is 364 g/mol. The van der Waals surface area contributed by atoms with Gasteiger partial charge in [0.25, 0.3) is 0 Å². The topological polar surface area (TPSA) is 81.5 Å². The number of rotatable bonds is 2. The number of nitrogens with zero attached hydrogens (tertiary/aromatic N) is 5. The van der Waals surface area contributed by atoms with Gasteiger partial charge in [-0.1, -0.05) is 13.8 Å². The lowest BCUT2D eigenvalue weighted by Crippen LogP contribution is -2.33. The Morgan fingerprint density at radius 2 is 2.07 bits per heavy atom. The van der Waals surface area contributed by atoms with E-state index in [0.29, 0.717) is 30.4 Å². The second-order valence-electron chi connectivity index (χ2n) is 7.49. The summed E-state index contributed by atoms with van der Waals surface area (Å²) in [6.45, 7) is 5.56. The molecule has 0 spiro atoms. The van der Waals surface area contributed by atoms with E-state index in [1.807, 2.05) is 10.7 Å². The lowest BCUT2D eigenvalue weighted by molar-refractivity contribution is 0.101. The zero-order valence-electron chi connectivity index (χ0n) is 14.9. The molecule has 5 rings (SSSR count). The molecule has 4 aromatic rings. The van der Waals surface area contributed by atoms with Crippen LogP contribution in [0.15, 0.2) is 36.8 Å². The molecule has 1 N–H and O–H groups in total. The lowest BCUT2D eigenvalue weighted by Gasteiger charge is -2.30. The Morgan fingerprint density at radius 1 is 1.19 bits per heavy atom. The number of aromatic nitrogens is 6. The van der Waals surface area contributed by atoms with Crippen molar-refractivity contribution in [1.82, 2.24) is 29.9 Å². The van der Waals surface area contributed by atoms with E-state index < -0.39 is 0 Å². The van der Waals surface area contributed by atoms with Gasteiger partial charge >= 0.3 is 0 Å². The average Bonchev–Trinajstić information content (AvgIpc) is 3.25. The predicted molar refractivity (Wildman–Crippen MR) is 97.6 cm³/mol. The normalized spacial score (nSPS) is 15.5. The molecule has 0 saturated heterocycles. The van der Waals surface area contributed by atoms with E-state index in [9.17, 15) is 4.39 Å². The maximum atomic E-state index is 13.4. The number of nitrogens with one attached hydrogen (secondary N) is 1. The number of hydrogen-bond acceptors (Lipinski definition) is 5. The summed E-state index contributed by atoms with van der Waals surface area (Å²) in [7, 11) is 0. The third-order valence-corrected chi connectivity index (χ3v) is 4.67. The largest absolute Gasteiger partial charge is 0.477 e. The molecule has 0 aromatic carbocycles. The van der Waals surface area contributed by atoms with E-state index in [4.69, 9.17) is 9.84 Å². The summed E-state index contributed by atoms with van der Waals surface area (Å²) in [6.07, 6.45) is 4.60. The van der Waals surface area contributed by atoms with Gasteiger partial charge in [0.15, 0.2) is 0 Å². The van der Waals surface area contributed by atoms with E-state index in [1.54, 1.807) is 18.5 Å². The van der Waals surface area contributed by atoms with Crippen LogP contribution in [0, 0.1) is 11.2 Å². The quantitative estimate of drug-likeness (QED) is 0.589. The van der Waals surface area contributed by atoms with Crippen molar-refractivity contribution in [1.29, 1.82) is 0 Å². The van der Waals surface area contributed by atoms with Gasteiger partial charge in [-0.25, -0.2) is 9.07 Å². The Bertz CT molecular complexity index is 1140. The van der Waals surface area contributed by atoms with Crippen LogP contribution in [0.2, 0.25) is 0 Å². The minimum absolute atomic E-state index is 0.0364. The highest BCUT2D eigenvalue weighted by Gasteiger charge is 2.33. The van der Waals surface area contributed by atoms with Crippen molar-refractivity contribution in [2.75, 3.05) is 6.61 Å². The molecule has 0 amide bonds. The van der Waals surface area contributed by atoms with Crippen LogP contribution >= 0.6 is 0 Å². The van der Waals surface area contributed by atoms with Gasteiger partial charge in [-0.05, 0) is 18.2 Å². The molecule has 0 radical (unpaired) electrons. The SMILES string of the molecule is CC1(C)COc2c(-c3ccnc4cn[nH]c34)c(-c3ccc(F)cn3)nn2C1. The van der Waals surface area contributed by atoms with Gasteiger partial charge in [0.1, 0.15) is 17.0 Å². The summed E-state index contributed by atoms with van der Waals surface area (Å²) >= 11 is 0. The van der Waals surface area contributed by atoms with E-state index in [1.165, 1.54) is 12.3 Å². The molecular weight excluding hydrogens is 347 g/mol. The standard InChI is InChI=1S/C19H17FN6O/c1-19(2)9-26-18(27-10-19)15(12-5-6-21-14-8-23-24-16(12)14)17(25-26)13-4-3-11(20)7-22-13/h3-8H,9-10H2,1-2H3,(H,23,24). The number of fused-ring (bicyclic) bond motifs is 2. The van der Waals surface area contributed by atoms with Gasteiger partial charge in [0, 0.05) is 17.2 Å². The molecular formula is C19H17FN6O. The van der Waals surface area contributed by atoms with Gasteiger partial charge in [-0.3, -0.25) is 15.1 Å². The van der Waals surface area contributed by atoms with Crippen LogP contribution in [0.25, 0.3) is 33.5 Å². The van der Waals surface area contributed by atoms with Crippen LogP contribution in [0.5, 0.6) is 5.88 Å². The molecule has 8 heteroatoms. The molecule has 7 nitrogen and oxygen atoms in total. The third kappa shape index (κ3) is 2.56. The maximum Gasteiger partial charge on any atom is 0.220 e. The second kappa shape index (κ2) is 5.60. The zero-order chi connectivity index (χ0) is 18.6. The monoisotopic (exact) mass is 364 g/mol. The Labute approximate surface area is 154 Å². The highest BCUT2D eigenvalue weighted by molar-refractivity contribution is 5.97. The van der Waals surface area contributed by atoms with Crippen LogP contribution in [-0.4, -0.2) is 36.6 Å². The molecule has 0 unspecified atom stereocenters. The summed E-state index contributed by atoms with van der Waals surface area (Å²) in [6, 6.07) is 4.91. The fourth-order valence-corrected chi connectivity index (χ4v) is 3.41. The van der Waals surface area contributed by atoms with Gasteiger partial charge in [0.2, 0.25) is 5.88 Å². The second-order valence-corrected chi connectivity index (χ2v) is 7.49. The Kier molecular flexibility index (Phi) is 3.30. The summed E-state index contributed by atoms with van der Waals surface area (Å²) < 4.78 is 21.4. The van der Waals surface area contributed by atoms with Gasteiger partial charge in [0.05, 0.1) is 42.3 Å². The molecule has 4 aromatic heterocycles. The zero-order valence-corrected chi connectivity index (χ0v) is 14.9. The van der Waals surface area contributed by atoms with Crippen molar-refractivity contribution < 1.29 is 9.13 Å². The molecule has 0 atom stereocenters. The molecule has 136 valence electrons. The van der Waals surface area contributed by atoms with Crippen molar-refractivity contribution >= 4 is 11.0 Å². The summed E-state index contributed by atoms with van der Waals surface area (Å²) in [4.78, 5) is 8.57. The van der Waals surface area contributed by atoms with Crippen LogP contribution in [0.4, 0.5) is 4.39 Å². The van der Waals surface area contributed by atoms with Crippen molar-refractivity contribution in [3.63, 3.8) is 0 Å². The number of halogens is 1. The predicted octanol–water partition coefficient (Wildman–Crippen LogP) is 3.44. The van der Waals surface area contributed by atoms with E-state index >= 15 is 0 Å². The highest BCUT2D eigenvalue weighted by Crippen LogP contribution is 2.43. The van der Waals surface area contributed by atoms with E-state index in [0.717, 1.165) is 22.2 Å². The first-order valence-corrected chi connectivity index (χ1v) is 8.66.